The predicted molar refractivity (Wildman–Crippen MR) is 120 cm³/mol. The Morgan fingerprint density at radius 2 is 1.91 bits per heavy atom. The number of benzene rings is 1. The van der Waals surface area contributed by atoms with Crippen molar-refractivity contribution in [1.29, 1.82) is 0 Å². The first kappa shape index (κ1) is 23.4. The van der Waals surface area contributed by atoms with Gasteiger partial charge in [0.25, 0.3) is 5.91 Å². The Morgan fingerprint density at radius 3 is 2.61 bits per heavy atom. The highest BCUT2D eigenvalue weighted by molar-refractivity contribution is 6.31. The van der Waals surface area contributed by atoms with Crippen LogP contribution in [0.15, 0.2) is 42.7 Å². The normalized spacial score (nSPS) is 16.9. The van der Waals surface area contributed by atoms with Gasteiger partial charge in [0.1, 0.15) is 17.1 Å². The molecule has 3 heterocycles. The first-order valence-corrected chi connectivity index (χ1v) is 10.8. The summed E-state index contributed by atoms with van der Waals surface area (Å²) in [6.45, 7) is 4.61. The molecule has 0 N–H and O–H groups in total. The fourth-order valence-corrected chi connectivity index (χ4v) is 4.13. The molecule has 0 spiro atoms. The van der Waals surface area contributed by atoms with E-state index < -0.39 is 12.8 Å². The highest BCUT2D eigenvalue weighted by Crippen LogP contribution is 2.35. The standard InChI is InChI=1S/C23H24ClF3N4O2/c1-22(2)13-30(9-8-29(22)3)21(32)18-12-31-11-15(24)10-17(20(31)28-18)16-6-4-5-7-19(16)33-14-23(25,26)27/h4-7,10-12H,8-9,13-14H2,1-3H3. The van der Waals surface area contributed by atoms with E-state index in [0.717, 1.165) is 6.54 Å². The second-order valence-electron chi connectivity index (χ2n) is 8.79. The molecule has 1 aromatic carbocycles. The molecule has 0 radical (unpaired) electrons. The number of halogens is 4. The summed E-state index contributed by atoms with van der Waals surface area (Å²) in [5, 5.41) is 0.347. The average molecular weight is 481 g/mol. The van der Waals surface area contributed by atoms with Gasteiger partial charge in [-0.15, -0.1) is 0 Å². The number of imidazole rings is 1. The summed E-state index contributed by atoms with van der Waals surface area (Å²) in [5.74, 6) is -0.153. The third-order valence-corrected chi connectivity index (χ3v) is 6.12. The van der Waals surface area contributed by atoms with Gasteiger partial charge in [-0.3, -0.25) is 9.69 Å². The fourth-order valence-electron chi connectivity index (χ4n) is 3.92. The van der Waals surface area contributed by atoms with Crippen LogP contribution in [0.2, 0.25) is 5.02 Å². The Bertz CT molecular complexity index is 1190. The number of carbonyl (C=O) groups is 1. The SMILES string of the molecule is CN1CCN(C(=O)c2cn3cc(Cl)cc(-c4ccccc4OCC(F)(F)F)c3n2)CC1(C)C. The van der Waals surface area contributed by atoms with Crippen LogP contribution in [0.4, 0.5) is 13.2 Å². The monoisotopic (exact) mass is 480 g/mol. The van der Waals surface area contributed by atoms with Gasteiger partial charge in [-0.25, -0.2) is 4.98 Å². The van der Waals surface area contributed by atoms with Gasteiger partial charge in [-0.2, -0.15) is 13.2 Å². The van der Waals surface area contributed by atoms with Crippen LogP contribution >= 0.6 is 11.6 Å². The molecule has 0 unspecified atom stereocenters. The maximum Gasteiger partial charge on any atom is 0.422 e. The molecule has 0 saturated carbocycles. The van der Waals surface area contributed by atoms with Crippen LogP contribution in [0.5, 0.6) is 5.75 Å². The van der Waals surface area contributed by atoms with Gasteiger partial charge in [-0.05, 0) is 33.0 Å². The first-order valence-electron chi connectivity index (χ1n) is 10.4. The lowest BCUT2D eigenvalue weighted by atomic mass is 9.99. The maximum atomic E-state index is 13.2. The quantitative estimate of drug-likeness (QED) is 0.540. The number of carbonyl (C=O) groups excluding carboxylic acids is 1. The van der Waals surface area contributed by atoms with Crippen LogP contribution in [0.1, 0.15) is 24.3 Å². The third-order valence-electron chi connectivity index (χ3n) is 5.91. The van der Waals surface area contributed by atoms with E-state index in [2.05, 4.69) is 23.7 Å². The number of fused-ring (bicyclic) bond motifs is 1. The minimum Gasteiger partial charge on any atom is -0.483 e. The number of alkyl halides is 3. The van der Waals surface area contributed by atoms with Gasteiger partial charge in [0.15, 0.2) is 6.61 Å². The van der Waals surface area contributed by atoms with Crippen molar-refractivity contribution in [1.82, 2.24) is 19.2 Å². The molecule has 0 atom stereocenters. The summed E-state index contributed by atoms with van der Waals surface area (Å²) in [6, 6.07) is 7.98. The van der Waals surface area contributed by atoms with Crippen molar-refractivity contribution in [3.05, 3.63) is 53.4 Å². The molecule has 33 heavy (non-hydrogen) atoms. The Morgan fingerprint density at radius 1 is 1.18 bits per heavy atom. The van der Waals surface area contributed by atoms with E-state index in [1.165, 1.54) is 6.07 Å². The van der Waals surface area contributed by atoms with Gasteiger partial charge in [0.2, 0.25) is 0 Å². The number of para-hydroxylation sites is 1. The van der Waals surface area contributed by atoms with Gasteiger partial charge < -0.3 is 14.0 Å². The largest absolute Gasteiger partial charge is 0.483 e. The van der Waals surface area contributed by atoms with Crippen LogP contribution in [0.25, 0.3) is 16.8 Å². The number of amides is 1. The van der Waals surface area contributed by atoms with E-state index >= 15 is 0 Å². The molecule has 1 aliphatic rings. The van der Waals surface area contributed by atoms with E-state index in [0.29, 0.717) is 34.9 Å². The molecule has 1 saturated heterocycles. The van der Waals surface area contributed by atoms with E-state index in [9.17, 15) is 18.0 Å². The molecule has 1 fully saturated rings. The van der Waals surface area contributed by atoms with Gasteiger partial charge in [0, 0.05) is 48.7 Å². The van der Waals surface area contributed by atoms with E-state index in [4.69, 9.17) is 16.3 Å². The lowest BCUT2D eigenvalue weighted by molar-refractivity contribution is -0.153. The van der Waals surface area contributed by atoms with Crippen molar-refractivity contribution in [2.24, 2.45) is 0 Å². The van der Waals surface area contributed by atoms with Crippen molar-refractivity contribution in [3.8, 4) is 16.9 Å². The molecule has 176 valence electrons. The summed E-state index contributed by atoms with van der Waals surface area (Å²) in [5.41, 5.74) is 1.35. The number of hydrogen-bond donors (Lipinski definition) is 0. The van der Waals surface area contributed by atoms with Crippen LogP contribution in [0.3, 0.4) is 0 Å². The van der Waals surface area contributed by atoms with Crippen LogP contribution in [0, 0.1) is 0 Å². The Kier molecular flexibility index (Phi) is 6.05. The van der Waals surface area contributed by atoms with E-state index in [1.54, 1.807) is 46.0 Å². The van der Waals surface area contributed by atoms with Crippen LogP contribution in [-0.4, -0.2) is 70.1 Å². The number of nitrogens with zero attached hydrogens (tertiary/aromatic N) is 4. The Hall–Kier alpha value is -2.78. The van der Waals surface area contributed by atoms with E-state index in [-0.39, 0.29) is 22.9 Å². The fraction of sp³-hybridized carbons (Fsp3) is 0.391. The number of pyridine rings is 1. The van der Waals surface area contributed by atoms with Gasteiger partial charge in [0.05, 0.1) is 5.02 Å². The van der Waals surface area contributed by atoms with Gasteiger partial charge >= 0.3 is 6.18 Å². The number of ether oxygens (including phenoxy) is 1. The smallest absolute Gasteiger partial charge is 0.422 e. The molecule has 1 aliphatic heterocycles. The third kappa shape index (κ3) is 4.94. The number of piperazine rings is 1. The summed E-state index contributed by atoms with van der Waals surface area (Å²) in [7, 11) is 2.03. The van der Waals surface area contributed by atoms with Crippen molar-refractivity contribution < 1.29 is 22.7 Å². The molecule has 0 aliphatic carbocycles. The molecule has 10 heteroatoms. The molecule has 0 bridgehead atoms. The zero-order valence-corrected chi connectivity index (χ0v) is 19.2. The minimum atomic E-state index is -4.47. The predicted octanol–water partition coefficient (Wildman–Crippen LogP) is 4.76. The minimum absolute atomic E-state index is 0.0516. The summed E-state index contributed by atoms with van der Waals surface area (Å²) >= 11 is 6.30. The molecule has 6 nitrogen and oxygen atoms in total. The molecule has 2 aromatic heterocycles. The number of rotatable bonds is 4. The maximum absolute atomic E-state index is 13.2. The number of hydrogen-bond acceptors (Lipinski definition) is 4. The average Bonchev–Trinajstić information content (AvgIpc) is 3.16. The summed E-state index contributed by atoms with van der Waals surface area (Å²) in [6.07, 6.45) is -1.27. The topological polar surface area (TPSA) is 50.1 Å². The van der Waals surface area contributed by atoms with Crippen molar-refractivity contribution in [2.45, 2.75) is 25.6 Å². The summed E-state index contributed by atoms with van der Waals surface area (Å²) in [4.78, 5) is 21.7. The van der Waals surface area contributed by atoms with Crippen molar-refractivity contribution >= 4 is 23.2 Å². The lowest BCUT2D eigenvalue weighted by Gasteiger charge is -2.45. The molecular formula is C23H24ClF3N4O2. The second kappa shape index (κ2) is 8.53. The zero-order chi connectivity index (χ0) is 24.0. The van der Waals surface area contributed by atoms with Crippen molar-refractivity contribution in [3.63, 3.8) is 0 Å². The molecule has 3 aromatic rings. The van der Waals surface area contributed by atoms with Crippen LogP contribution in [-0.2, 0) is 0 Å². The first-order chi connectivity index (χ1) is 15.4. The number of likely N-dealkylation sites (N-methyl/N-ethyl adjacent to an activating group) is 1. The molecule has 4 rings (SSSR count). The van der Waals surface area contributed by atoms with Gasteiger partial charge in [-0.1, -0.05) is 29.8 Å². The second-order valence-corrected chi connectivity index (χ2v) is 9.23. The highest BCUT2D eigenvalue weighted by Gasteiger charge is 2.34. The lowest BCUT2D eigenvalue weighted by Crippen LogP contribution is -2.58. The zero-order valence-electron chi connectivity index (χ0n) is 18.5. The highest BCUT2D eigenvalue weighted by atomic mass is 35.5. The molecular weight excluding hydrogens is 457 g/mol. The van der Waals surface area contributed by atoms with Crippen molar-refractivity contribution in [2.75, 3.05) is 33.3 Å². The Labute approximate surface area is 194 Å². The number of aromatic nitrogens is 2. The van der Waals surface area contributed by atoms with Crippen LogP contribution < -0.4 is 4.74 Å². The summed E-state index contributed by atoms with van der Waals surface area (Å²) < 4.78 is 44.9. The molecule has 1 amide bonds. The Balaban J connectivity index is 1.72. The van der Waals surface area contributed by atoms with E-state index in [1.807, 2.05) is 7.05 Å².